The fourth-order valence-electron chi connectivity index (χ4n) is 1.54. The second kappa shape index (κ2) is 7.08. The lowest BCUT2D eigenvalue weighted by atomic mass is 10.3. The molecule has 2 aromatic rings. The molecule has 0 atom stereocenters. The van der Waals surface area contributed by atoms with E-state index in [0.29, 0.717) is 19.6 Å². The zero-order chi connectivity index (χ0) is 14.2. The normalized spacial score (nSPS) is 10.0. The van der Waals surface area contributed by atoms with Crippen molar-refractivity contribution in [2.75, 3.05) is 13.2 Å². The third-order valence-electron chi connectivity index (χ3n) is 2.53. The first-order valence-corrected chi connectivity index (χ1v) is 6.27. The molecule has 0 aliphatic carbocycles. The number of benzene rings is 1. The first-order valence-electron chi connectivity index (χ1n) is 6.27. The van der Waals surface area contributed by atoms with Crippen LogP contribution in [0.1, 0.15) is 16.9 Å². The Bertz CT molecular complexity index is 590. The van der Waals surface area contributed by atoms with Gasteiger partial charge in [0.15, 0.2) is 0 Å². The van der Waals surface area contributed by atoms with Crippen molar-refractivity contribution in [1.82, 2.24) is 15.5 Å². The number of ether oxygens (including phenoxy) is 1. The van der Waals surface area contributed by atoms with Gasteiger partial charge in [-0.1, -0.05) is 18.2 Å². The van der Waals surface area contributed by atoms with Crippen molar-refractivity contribution in [2.45, 2.75) is 6.42 Å². The van der Waals surface area contributed by atoms with Crippen molar-refractivity contribution >= 4 is 5.91 Å². The number of para-hydroxylation sites is 1. The summed E-state index contributed by atoms with van der Waals surface area (Å²) in [5, 5.41) is 8.56. The molecule has 1 amide bonds. The lowest BCUT2D eigenvalue weighted by Gasteiger charge is -2.06. The van der Waals surface area contributed by atoms with E-state index in [4.69, 9.17) is 4.74 Å². The molecule has 0 radical (unpaired) electrons. The lowest BCUT2D eigenvalue weighted by Crippen LogP contribution is -2.27. The first kappa shape index (κ1) is 13.8. The summed E-state index contributed by atoms with van der Waals surface area (Å²) < 4.78 is 5.49. The predicted molar refractivity (Wildman–Crippen MR) is 73.7 cm³/mol. The van der Waals surface area contributed by atoms with Crippen LogP contribution >= 0.6 is 0 Å². The minimum Gasteiger partial charge on any atom is -0.494 e. The van der Waals surface area contributed by atoms with Crippen LogP contribution < -0.4 is 15.6 Å². The summed E-state index contributed by atoms with van der Waals surface area (Å²) in [6.45, 7) is 0.996. The molecule has 0 saturated heterocycles. The lowest BCUT2D eigenvalue weighted by molar-refractivity contribution is 0.0945. The highest BCUT2D eigenvalue weighted by molar-refractivity contribution is 5.91. The molecule has 2 N–H and O–H groups in total. The van der Waals surface area contributed by atoms with Gasteiger partial charge in [-0.05, 0) is 24.6 Å². The number of rotatable bonds is 6. The van der Waals surface area contributed by atoms with E-state index in [1.807, 2.05) is 30.3 Å². The van der Waals surface area contributed by atoms with E-state index in [2.05, 4.69) is 15.5 Å². The number of amides is 1. The van der Waals surface area contributed by atoms with Crippen LogP contribution in [0.25, 0.3) is 0 Å². The number of aromatic amines is 1. The number of hydrogen-bond donors (Lipinski definition) is 2. The molecular weight excluding hydrogens is 258 g/mol. The van der Waals surface area contributed by atoms with Crippen LogP contribution in [0, 0.1) is 0 Å². The molecule has 0 bridgehead atoms. The molecule has 0 spiro atoms. The van der Waals surface area contributed by atoms with E-state index in [1.165, 1.54) is 12.1 Å². The average molecular weight is 273 g/mol. The molecule has 0 unspecified atom stereocenters. The van der Waals surface area contributed by atoms with Gasteiger partial charge < -0.3 is 10.1 Å². The molecule has 1 aromatic carbocycles. The van der Waals surface area contributed by atoms with Gasteiger partial charge in [-0.15, -0.1) is 0 Å². The van der Waals surface area contributed by atoms with Crippen molar-refractivity contribution in [3.8, 4) is 5.75 Å². The first-order chi connectivity index (χ1) is 9.75. The van der Waals surface area contributed by atoms with Crippen molar-refractivity contribution in [1.29, 1.82) is 0 Å². The molecule has 0 saturated carbocycles. The average Bonchev–Trinajstić information content (AvgIpc) is 2.48. The molecule has 6 heteroatoms. The van der Waals surface area contributed by atoms with Gasteiger partial charge >= 0.3 is 0 Å². The quantitative estimate of drug-likeness (QED) is 0.768. The second-order valence-corrected chi connectivity index (χ2v) is 4.08. The summed E-state index contributed by atoms with van der Waals surface area (Å²) in [6, 6.07) is 12.1. The number of nitrogens with one attached hydrogen (secondary N) is 2. The van der Waals surface area contributed by atoms with E-state index < -0.39 is 0 Å². The molecule has 0 fully saturated rings. The fraction of sp³-hybridized carbons (Fsp3) is 0.214. The minimum atomic E-state index is -0.335. The Hall–Kier alpha value is -2.63. The zero-order valence-corrected chi connectivity index (χ0v) is 10.8. The van der Waals surface area contributed by atoms with Crippen LogP contribution in [0.3, 0.4) is 0 Å². The Labute approximate surface area is 115 Å². The molecule has 6 nitrogen and oxygen atoms in total. The number of carbonyl (C=O) groups is 1. The molecule has 0 aliphatic rings. The van der Waals surface area contributed by atoms with Gasteiger partial charge in [0.1, 0.15) is 11.4 Å². The monoisotopic (exact) mass is 273 g/mol. The number of nitrogens with zero attached hydrogens (tertiary/aromatic N) is 1. The molecule has 104 valence electrons. The van der Waals surface area contributed by atoms with Gasteiger partial charge in [0.2, 0.25) is 0 Å². The highest BCUT2D eigenvalue weighted by Crippen LogP contribution is 2.07. The minimum absolute atomic E-state index is 0.188. The molecular formula is C14H15N3O3. The Kier molecular flexibility index (Phi) is 4.88. The summed E-state index contributed by atoms with van der Waals surface area (Å²) in [4.78, 5) is 22.5. The second-order valence-electron chi connectivity index (χ2n) is 4.08. The maximum absolute atomic E-state index is 11.7. The van der Waals surface area contributed by atoms with Crippen molar-refractivity contribution in [2.24, 2.45) is 0 Å². The topological polar surface area (TPSA) is 84.1 Å². The number of H-pyrrole nitrogens is 1. The van der Waals surface area contributed by atoms with Crippen LogP contribution in [0.15, 0.2) is 47.3 Å². The smallest absolute Gasteiger partial charge is 0.271 e. The SMILES string of the molecule is O=C(NCCCOc1ccccc1)c1ccc(=O)[nH]n1. The van der Waals surface area contributed by atoms with Crippen LogP contribution in [0.2, 0.25) is 0 Å². The van der Waals surface area contributed by atoms with E-state index >= 15 is 0 Å². The largest absolute Gasteiger partial charge is 0.494 e. The van der Waals surface area contributed by atoms with Gasteiger partial charge in [-0.2, -0.15) is 5.10 Å². The van der Waals surface area contributed by atoms with Crippen LogP contribution in [-0.4, -0.2) is 29.3 Å². The van der Waals surface area contributed by atoms with Gasteiger partial charge in [0.05, 0.1) is 6.61 Å². The highest BCUT2D eigenvalue weighted by Gasteiger charge is 2.05. The van der Waals surface area contributed by atoms with Crippen LogP contribution in [-0.2, 0) is 0 Å². The maximum Gasteiger partial charge on any atom is 0.271 e. The van der Waals surface area contributed by atoms with E-state index in [1.54, 1.807) is 0 Å². The standard InChI is InChI=1S/C14H15N3O3/c18-13-8-7-12(16-17-13)14(19)15-9-4-10-20-11-5-2-1-3-6-11/h1-3,5-8H,4,9-10H2,(H,15,19)(H,17,18). The van der Waals surface area contributed by atoms with E-state index in [-0.39, 0.29) is 17.2 Å². The summed E-state index contributed by atoms with van der Waals surface area (Å²) in [5.41, 5.74) is -0.147. The molecule has 2 rings (SSSR count). The van der Waals surface area contributed by atoms with Crippen molar-refractivity contribution in [3.05, 3.63) is 58.5 Å². The van der Waals surface area contributed by atoms with Gasteiger partial charge in [-0.3, -0.25) is 9.59 Å². The summed E-state index contributed by atoms with van der Waals surface area (Å²) in [5.74, 6) is 0.488. The summed E-state index contributed by atoms with van der Waals surface area (Å²) in [7, 11) is 0. The van der Waals surface area contributed by atoms with Crippen molar-refractivity contribution < 1.29 is 9.53 Å². The fourth-order valence-corrected chi connectivity index (χ4v) is 1.54. The van der Waals surface area contributed by atoms with Gasteiger partial charge in [0.25, 0.3) is 11.5 Å². The zero-order valence-electron chi connectivity index (χ0n) is 10.8. The molecule has 1 aromatic heterocycles. The number of carbonyl (C=O) groups excluding carboxylic acids is 1. The van der Waals surface area contributed by atoms with Crippen LogP contribution in [0.4, 0.5) is 0 Å². The van der Waals surface area contributed by atoms with E-state index in [9.17, 15) is 9.59 Å². The van der Waals surface area contributed by atoms with Gasteiger partial charge in [0, 0.05) is 12.6 Å². The summed E-state index contributed by atoms with van der Waals surface area (Å²) >= 11 is 0. The van der Waals surface area contributed by atoms with Crippen LogP contribution in [0.5, 0.6) is 5.75 Å². The number of aromatic nitrogens is 2. The number of hydrogen-bond acceptors (Lipinski definition) is 4. The Morgan fingerprint density at radius 2 is 2.00 bits per heavy atom. The predicted octanol–water partition coefficient (Wildman–Crippen LogP) is 0.969. The van der Waals surface area contributed by atoms with Crippen molar-refractivity contribution in [3.63, 3.8) is 0 Å². The Morgan fingerprint density at radius 3 is 2.70 bits per heavy atom. The maximum atomic E-state index is 11.7. The van der Waals surface area contributed by atoms with E-state index in [0.717, 1.165) is 5.75 Å². The molecule has 0 aliphatic heterocycles. The summed E-state index contributed by atoms with van der Waals surface area (Å²) in [6.07, 6.45) is 0.685. The molecule has 20 heavy (non-hydrogen) atoms. The third kappa shape index (κ3) is 4.24. The molecule has 1 heterocycles. The van der Waals surface area contributed by atoms with Gasteiger partial charge in [-0.25, -0.2) is 5.10 Å². The highest BCUT2D eigenvalue weighted by atomic mass is 16.5. The Balaban J connectivity index is 1.67. The Morgan fingerprint density at radius 1 is 1.20 bits per heavy atom. The third-order valence-corrected chi connectivity index (χ3v) is 2.53.